The number of piperazine rings is 1. The standard InChI is InChI=1S/C24H27N3O2/c1-26-9-11-27(12-10-26)17-19-6-4-5-18(13-19)16-25-24(29)22-14-20-7-2-3-8-21(20)15-23(22)28/h2-8,13-15,28H,9-12,16-17H2,1H3,(H,25,29). The first-order chi connectivity index (χ1) is 14.1. The smallest absolute Gasteiger partial charge is 0.255 e. The number of hydrogen-bond donors (Lipinski definition) is 2. The van der Waals surface area contributed by atoms with E-state index in [1.54, 1.807) is 12.1 Å². The summed E-state index contributed by atoms with van der Waals surface area (Å²) in [5.74, 6) is -0.261. The van der Waals surface area contributed by atoms with Crippen molar-refractivity contribution in [3.8, 4) is 5.75 Å². The van der Waals surface area contributed by atoms with Gasteiger partial charge in [0.15, 0.2) is 0 Å². The Morgan fingerprint density at radius 3 is 2.38 bits per heavy atom. The number of benzene rings is 3. The van der Waals surface area contributed by atoms with Crippen LogP contribution in [0.25, 0.3) is 10.8 Å². The van der Waals surface area contributed by atoms with Crippen molar-refractivity contribution in [3.63, 3.8) is 0 Å². The van der Waals surface area contributed by atoms with Gasteiger partial charge in [-0.3, -0.25) is 9.69 Å². The molecule has 29 heavy (non-hydrogen) atoms. The van der Waals surface area contributed by atoms with Gasteiger partial charge in [-0.15, -0.1) is 0 Å². The summed E-state index contributed by atoms with van der Waals surface area (Å²) in [6, 6.07) is 19.4. The highest BCUT2D eigenvalue weighted by molar-refractivity contribution is 6.01. The van der Waals surface area contributed by atoms with Gasteiger partial charge >= 0.3 is 0 Å². The van der Waals surface area contributed by atoms with Crippen molar-refractivity contribution >= 4 is 16.7 Å². The molecule has 5 nitrogen and oxygen atoms in total. The number of hydrogen-bond acceptors (Lipinski definition) is 4. The number of phenolic OH excluding ortho intramolecular Hbond substituents is 1. The van der Waals surface area contributed by atoms with Crippen LogP contribution in [0, 0.1) is 0 Å². The Kier molecular flexibility index (Phi) is 5.79. The van der Waals surface area contributed by atoms with E-state index in [-0.39, 0.29) is 11.7 Å². The van der Waals surface area contributed by atoms with Gasteiger partial charge in [-0.05, 0) is 41.1 Å². The van der Waals surface area contributed by atoms with Crippen LogP contribution < -0.4 is 5.32 Å². The van der Waals surface area contributed by atoms with Gasteiger partial charge in [-0.2, -0.15) is 0 Å². The maximum absolute atomic E-state index is 12.6. The Balaban J connectivity index is 1.40. The number of likely N-dealkylation sites (N-methyl/N-ethyl adjacent to an activating group) is 1. The fourth-order valence-corrected chi connectivity index (χ4v) is 3.79. The van der Waals surface area contributed by atoms with Gasteiger partial charge in [0.25, 0.3) is 5.91 Å². The number of fused-ring (bicyclic) bond motifs is 1. The lowest BCUT2D eigenvalue weighted by molar-refractivity contribution is 0.0948. The van der Waals surface area contributed by atoms with Gasteiger partial charge in [0.2, 0.25) is 0 Å². The van der Waals surface area contributed by atoms with Gasteiger partial charge in [-0.1, -0.05) is 48.5 Å². The molecule has 1 heterocycles. The zero-order chi connectivity index (χ0) is 20.2. The highest BCUT2D eigenvalue weighted by Crippen LogP contribution is 2.25. The van der Waals surface area contributed by atoms with E-state index in [1.165, 1.54) is 5.56 Å². The molecule has 4 rings (SSSR count). The van der Waals surface area contributed by atoms with Crippen molar-refractivity contribution < 1.29 is 9.90 Å². The zero-order valence-electron chi connectivity index (χ0n) is 16.8. The molecular formula is C24H27N3O2. The van der Waals surface area contributed by atoms with Crippen LogP contribution in [0.3, 0.4) is 0 Å². The maximum Gasteiger partial charge on any atom is 0.255 e. The Labute approximate surface area is 171 Å². The third-order valence-electron chi connectivity index (χ3n) is 5.56. The van der Waals surface area contributed by atoms with Crippen LogP contribution in [0.2, 0.25) is 0 Å². The summed E-state index contributed by atoms with van der Waals surface area (Å²) in [6.07, 6.45) is 0. The highest BCUT2D eigenvalue weighted by atomic mass is 16.3. The number of nitrogens with one attached hydrogen (secondary N) is 1. The summed E-state index contributed by atoms with van der Waals surface area (Å²) in [5.41, 5.74) is 2.62. The molecule has 3 aromatic carbocycles. The molecule has 150 valence electrons. The van der Waals surface area contributed by atoms with Gasteiger partial charge in [0.1, 0.15) is 5.75 Å². The van der Waals surface area contributed by atoms with Crippen molar-refractivity contribution in [2.45, 2.75) is 13.1 Å². The van der Waals surface area contributed by atoms with E-state index in [9.17, 15) is 9.90 Å². The lowest BCUT2D eigenvalue weighted by Gasteiger charge is -2.32. The molecule has 0 radical (unpaired) electrons. The molecule has 0 atom stereocenters. The molecule has 5 heteroatoms. The molecule has 2 N–H and O–H groups in total. The number of carbonyl (C=O) groups excluding carboxylic acids is 1. The van der Waals surface area contributed by atoms with Crippen molar-refractivity contribution in [1.82, 2.24) is 15.1 Å². The quantitative estimate of drug-likeness (QED) is 0.704. The van der Waals surface area contributed by atoms with Crippen LogP contribution in [-0.4, -0.2) is 54.0 Å². The number of carbonyl (C=O) groups is 1. The number of nitrogens with zero attached hydrogens (tertiary/aromatic N) is 2. The van der Waals surface area contributed by atoms with Gasteiger partial charge in [0, 0.05) is 39.3 Å². The van der Waals surface area contributed by atoms with E-state index >= 15 is 0 Å². The molecule has 0 spiro atoms. The summed E-state index contributed by atoms with van der Waals surface area (Å²) in [5, 5.41) is 15.0. The lowest BCUT2D eigenvalue weighted by atomic mass is 10.1. The summed E-state index contributed by atoms with van der Waals surface area (Å²) >= 11 is 0. The number of amides is 1. The summed E-state index contributed by atoms with van der Waals surface area (Å²) in [7, 11) is 2.16. The molecule has 1 fully saturated rings. The monoisotopic (exact) mass is 389 g/mol. The molecule has 1 saturated heterocycles. The van der Waals surface area contributed by atoms with E-state index in [0.29, 0.717) is 12.1 Å². The van der Waals surface area contributed by atoms with Crippen LogP contribution >= 0.6 is 0 Å². The highest BCUT2D eigenvalue weighted by Gasteiger charge is 2.15. The van der Waals surface area contributed by atoms with E-state index < -0.39 is 0 Å². The van der Waals surface area contributed by atoms with Crippen LogP contribution in [0.1, 0.15) is 21.5 Å². The molecule has 1 amide bonds. The number of aromatic hydroxyl groups is 1. The molecule has 0 bridgehead atoms. The summed E-state index contributed by atoms with van der Waals surface area (Å²) < 4.78 is 0. The first-order valence-corrected chi connectivity index (χ1v) is 10.1. The van der Waals surface area contributed by atoms with E-state index in [1.807, 2.05) is 36.4 Å². The topological polar surface area (TPSA) is 55.8 Å². The minimum atomic E-state index is -0.266. The number of phenols is 1. The molecule has 3 aromatic rings. The van der Waals surface area contributed by atoms with Crippen molar-refractivity contribution in [2.75, 3.05) is 33.2 Å². The Morgan fingerprint density at radius 1 is 0.931 bits per heavy atom. The van der Waals surface area contributed by atoms with Crippen LogP contribution in [0.15, 0.2) is 60.7 Å². The second-order valence-electron chi connectivity index (χ2n) is 7.80. The van der Waals surface area contributed by atoms with E-state index in [0.717, 1.165) is 49.1 Å². The van der Waals surface area contributed by atoms with E-state index in [4.69, 9.17) is 0 Å². The van der Waals surface area contributed by atoms with Crippen LogP contribution in [0.5, 0.6) is 5.75 Å². The maximum atomic E-state index is 12.6. The lowest BCUT2D eigenvalue weighted by Crippen LogP contribution is -2.43. The average Bonchev–Trinajstić information content (AvgIpc) is 2.73. The minimum Gasteiger partial charge on any atom is -0.507 e. The SMILES string of the molecule is CN1CCN(Cc2cccc(CNC(=O)c3cc4ccccc4cc3O)c2)CC1. The number of rotatable bonds is 5. The third-order valence-corrected chi connectivity index (χ3v) is 5.56. The molecule has 0 saturated carbocycles. The molecule has 0 aliphatic carbocycles. The average molecular weight is 389 g/mol. The van der Waals surface area contributed by atoms with Gasteiger partial charge in [-0.25, -0.2) is 0 Å². The van der Waals surface area contributed by atoms with Crippen LogP contribution in [-0.2, 0) is 13.1 Å². The molecule has 0 aromatic heterocycles. The largest absolute Gasteiger partial charge is 0.507 e. The van der Waals surface area contributed by atoms with Crippen molar-refractivity contribution in [2.24, 2.45) is 0 Å². The predicted octanol–water partition coefficient (Wildman–Crippen LogP) is 3.22. The Morgan fingerprint density at radius 2 is 1.62 bits per heavy atom. The summed E-state index contributed by atoms with van der Waals surface area (Å²) in [4.78, 5) is 17.4. The molecule has 1 aliphatic heterocycles. The zero-order valence-corrected chi connectivity index (χ0v) is 16.8. The predicted molar refractivity (Wildman–Crippen MR) is 116 cm³/mol. The Hall–Kier alpha value is -2.89. The molecular weight excluding hydrogens is 362 g/mol. The molecule has 0 unspecified atom stereocenters. The molecule has 1 aliphatic rings. The second-order valence-corrected chi connectivity index (χ2v) is 7.80. The first kappa shape index (κ1) is 19.4. The van der Waals surface area contributed by atoms with Gasteiger partial charge in [0.05, 0.1) is 5.56 Å². The third kappa shape index (κ3) is 4.75. The van der Waals surface area contributed by atoms with Crippen molar-refractivity contribution in [3.05, 3.63) is 77.4 Å². The normalized spacial score (nSPS) is 15.5. The fourth-order valence-electron chi connectivity index (χ4n) is 3.79. The fraction of sp³-hybridized carbons (Fsp3) is 0.292. The first-order valence-electron chi connectivity index (χ1n) is 10.1. The van der Waals surface area contributed by atoms with Gasteiger partial charge < -0.3 is 15.3 Å². The second kappa shape index (κ2) is 8.64. The van der Waals surface area contributed by atoms with Crippen LogP contribution in [0.4, 0.5) is 0 Å². The minimum absolute atomic E-state index is 0.00465. The summed E-state index contributed by atoms with van der Waals surface area (Å²) in [6.45, 7) is 5.73. The Bertz CT molecular complexity index is 1010. The van der Waals surface area contributed by atoms with Crippen molar-refractivity contribution in [1.29, 1.82) is 0 Å². The van der Waals surface area contributed by atoms with E-state index in [2.05, 4.69) is 34.3 Å².